The maximum Gasteiger partial charge on any atom is 0.410 e. The molecule has 1 N–H and O–H groups in total. The van der Waals surface area contributed by atoms with Crippen molar-refractivity contribution in [2.24, 2.45) is 0 Å². The van der Waals surface area contributed by atoms with Crippen molar-refractivity contribution in [3.63, 3.8) is 0 Å². The van der Waals surface area contributed by atoms with E-state index >= 15 is 0 Å². The lowest BCUT2D eigenvalue weighted by Crippen LogP contribution is -2.42. The molecular formula is C25H29N5O2. The van der Waals surface area contributed by atoms with Crippen LogP contribution < -0.4 is 5.32 Å². The Hall–Kier alpha value is -3.53. The summed E-state index contributed by atoms with van der Waals surface area (Å²) in [5, 5.41) is 13.0. The van der Waals surface area contributed by atoms with Gasteiger partial charge in [-0.05, 0) is 57.4 Å². The Labute approximate surface area is 188 Å². The highest BCUT2D eigenvalue weighted by atomic mass is 16.6. The number of likely N-dealkylation sites (tertiary alicyclic amines) is 1. The van der Waals surface area contributed by atoms with Crippen molar-refractivity contribution in [2.75, 3.05) is 18.4 Å². The van der Waals surface area contributed by atoms with Gasteiger partial charge in [0.25, 0.3) is 0 Å². The number of rotatable bonds is 5. The smallest absolute Gasteiger partial charge is 0.410 e. The fraction of sp³-hybridized carbons (Fsp3) is 0.400. The van der Waals surface area contributed by atoms with Crippen LogP contribution in [-0.2, 0) is 11.3 Å². The maximum atomic E-state index is 12.6. The molecule has 7 nitrogen and oxygen atoms in total. The number of carbonyl (C=O) groups is 1. The molecule has 0 spiro atoms. The van der Waals surface area contributed by atoms with Crippen LogP contribution in [-0.4, -0.2) is 45.3 Å². The third kappa shape index (κ3) is 4.70. The number of aromatic nitrogens is 2. The molecule has 0 unspecified atom stereocenters. The average Bonchev–Trinajstić information content (AvgIpc) is 3.36. The number of nitrogens with zero attached hydrogens (tertiary/aromatic N) is 4. The van der Waals surface area contributed by atoms with Gasteiger partial charge in [0.1, 0.15) is 5.60 Å². The zero-order valence-electron chi connectivity index (χ0n) is 18.8. The first-order valence-electron chi connectivity index (χ1n) is 11.0. The minimum Gasteiger partial charge on any atom is -0.444 e. The lowest BCUT2D eigenvalue weighted by molar-refractivity contribution is 0.0235. The number of fused-ring (bicyclic) bond motifs is 1. The molecule has 32 heavy (non-hydrogen) atoms. The van der Waals surface area contributed by atoms with E-state index in [1.54, 1.807) is 0 Å². The van der Waals surface area contributed by atoms with Crippen molar-refractivity contribution in [2.45, 2.75) is 51.8 Å². The van der Waals surface area contributed by atoms with Gasteiger partial charge in [0.05, 0.1) is 35.3 Å². The Morgan fingerprint density at radius 2 is 1.97 bits per heavy atom. The quantitative estimate of drug-likeness (QED) is 0.629. The number of benzene rings is 2. The highest BCUT2D eigenvalue weighted by molar-refractivity contribution is 5.79. The van der Waals surface area contributed by atoms with Gasteiger partial charge in [0, 0.05) is 13.1 Å². The van der Waals surface area contributed by atoms with Crippen molar-refractivity contribution in [1.82, 2.24) is 14.5 Å². The Bertz CT molecular complexity index is 1160. The summed E-state index contributed by atoms with van der Waals surface area (Å²) in [6, 6.07) is 17.9. The first-order chi connectivity index (χ1) is 15.4. The van der Waals surface area contributed by atoms with Gasteiger partial charge in [0.2, 0.25) is 5.95 Å². The van der Waals surface area contributed by atoms with Crippen LogP contribution in [0.5, 0.6) is 0 Å². The van der Waals surface area contributed by atoms with Gasteiger partial charge in [-0.25, -0.2) is 9.78 Å². The molecule has 1 amide bonds. The number of ether oxygens (including phenoxy) is 1. The summed E-state index contributed by atoms with van der Waals surface area (Å²) >= 11 is 0. The third-order valence-electron chi connectivity index (χ3n) is 5.62. The molecule has 3 aromatic rings. The van der Waals surface area contributed by atoms with Gasteiger partial charge in [-0.1, -0.05) is 30.3 Å². The summed E-state index contributed by atoms with van der Waals surface area (Å²) in [5.74, 6) is 0.731. The summed E-state index contributed by atoms with van der Waals surface area (Å²) in [4.78, 5) is 19.2. The second-order valence-corrected chi connectivity index (χ2v) is 9.13. The monoisotopic (exact) mass is 431 g/mol. The number of para-hydroxylation sites is 2. The number of hydrogen-bond acceptors (Lipinski definition) is 5. The normalized spacial score (nSPS) is 16.2. The number of anilines is 1. The Morgan fingerprint density at radius 3 is 2.75 bits per heavy atom. The molecule has 0 radical (unpaired) electrons. The van der Waals surface area contributed by atoms with Crippen LogP contribution in [0.1, 0.15) is 44.7 Å². The third-order valence-corrected chi connectivity index (χ3v) is 5.62. The van der Waals surface area contributed by atoms with Crippen LogP contribution in [0.4, 0.5) is 10.7 Å². The van der Waals surface area contributed by atoms with Crippen LogP contribution in [0.3, 0.4) is 0 Å². The predicted octanol–water partition coefficient (Wildman–Crippen LogP) is 4.77. The van der Waals surface area contributed by atoms with E-state index in [0.717, 1.165) is 35.4 Å². The van der Waals surface area contributed by atoms with Gasteiger partial charge < -0.3 is 19.5 Å². The molecule has 2 aromatic carbocycles. The minimum atomic E-state index is -0.514. The summed E-state index contributed by atoms with van der Waals surface area (Å²) < 4.78 is 7.68. The molecule has 0 bridgehead atoms. The Morgan fingerprint density at radius 1 is 1.22 bits per heavy atom. The second-order valence-electron chi connectivity index (χ2n) is 9.13. The van der Waals surface area contributed by atoms with Crippen LogP contribution in [0.2, 0.25) is 0 Å². The van der Waals surface area contributed by atoms with Crippen molar-refractivity contribution >= 4 is 23.1 Å². The molecule has 1 saturated heterocycles. The lowest BCUT2D eigenvalue weighted by atomic mass is 10.1. The van der Waals surface area contributed by atoms with E-state index in [-0.39, 0.29) is 12.1 Å². The number of nitrogens with one attached hydrogen (secondary N) is 1. The molecule has 4 rings (SSSR count). The molecule has 2 heterocycles. The van der Waals surface area contributed by atoms with Crippen molar-refractivity contribution in [1.29, 1.82) is 5.26 Å². The zero-order chi connectivity index (χ0) is 22.7. The SMILES string of the molecule is CC(C)(C)OC(=O)N1CCC[C@H]1CNc1nc2ccccc2n1Cc1ccccc1C#N. The van der Waals surface area contributed by atoms with E-state index in [1.807, 2.05) is 74.2 Å². The first-order valence-corrected chi connectivity index (χ1v) is 11.0. The summed E-state index contributed by atoms with van der Waals surface area (Å²) in [6.07, 6.45) is 1.61. The number of nitriles is 1. The predicted molar refractivity (Wildman–Crippen MR) is 124 cm³/mol. The fourth-order valence-corrected chi connectivity index (χ4v) is 4.13. The van der Waals surface area contributed by atoms with Crippen molar-refractivity contribution < 1.29 is 9.53 Å². The average molecular weight is 432 g/mol. The molecular weight excluding hydrogens is 402 g/mol. The van der Waals surface area contributed by atoms with E-state index in [2.05, 4.69) is 16.0 Å². The van der Waals surface area contributed by atoms with Gasteiger partial charge in [-0.15, -0.1) is 0 Å². The van der Waals surface area contributed by atoms with Crippen molar-refractivity contribution in [3.8, 4) is 6.07 Å². The molecule has 0 aliphatic carbocycles. The fourth-order valence-electron chi connectivity index (χ4n) is 4.13. The van der Waals surface area contributed by atoms with Gasteiger partial charge in [0.15, 0.2) is 0 Å². The number of carbonyl (C=O) groups excluding carboxylic acids is 1. The number of hydrogen-bond donors (Lipinski definition) is 1. The van der Waals surface area contributed by atoms with Crippen molar-refractivity contribution in [3.05, 3.63) is 59.7 Å². The molecule has 1 atom stereocenters. The van der Waals surface area contributed by atoms with E-state index < -0.39 is 5.60 Å². The Balaban J connectivity index is 1.56. The van der Waals surface area contributed by atoms with E-state index in [9.17, 15) is 10.1 Å². The Kier molecular flexibility index (Phi) is 6.04. The summed E-state index contributed by atoms with van der Waals surface area (Å²) in [7, 11) is 0. The largest absolute Gasteiger partial charge is 0.444 e. The maximum absolute atomic E-state index is 12.6. The van der Waals surface area contributed by atoms with Gasteiger partial charge in [-0.3, -0.25) is 0 Å². The van der Waals surface area contributed by atoms with Crippen LogP contribution in [0.25, 0.3) is 11.0 Å². The highest BCUT2D eigenvalue weighted by Crippen LogP contribution is 2.25. The van der Waals surface area contributed by atoms with E-state index in [0.29, 0.717) is 25.2 Å². The van der Waals surface area contributed by atoms with Crippen LogP contribution in [0, 0.1) is 11.3 Å². The number of amides is 1. The lowest BCUT2D eigenvalue weighted by Gasteiger charge is -2.28. The summed E-state index contributed by atoms with van der Waals surface area (Å²) in [5.41, 5.74) is 2.97. The summed E-state index contributed by atoms with van der Waals surface area (Å²) in [6.45, 7) is 7.48. The van der Waals surface area contributed by atoms with Gasteiger partial charge in [-0.2, -0.15) is 5.26 Å². The standard InChI is InChI=1S/C25H29N5O2/c1-25(2,3)32-24(31)29-14-8-11-20(29)16-27-23-28-21-12-6-7-13-22(21)30(23)17-19-10-5-4-9-18(19)15-26/h4-7,9-10,12-13,20H,8,11,14,16-17H2,1-3H3,(H,27,28)/t20-/m0/s1. The van der Waals surface area contributed by atoms with Gasteiger partial charge >= 0.3 is 6.09 Å². The zero-order valence-corrected chi connectivity index (χ0v) is 18.8. The molecule has 1 fully saturated rings. The minimum absolute atomic E-state index is 0.0458. The molecule has 166 valence electrons. The number of imidazole rings is 1. The second kappa shape index (κ2) is 8.91. The molecule has 0 saturated carbocycles. The van der Waals surface area contributed by atoms with Crippen LogP contribution >= 0.6 is 0 Å². The van der Waals surface area contributed by atoms with Crippen LogP contribution in [0.15, 0.2) is 48.5 Å². The molecule has 1 aliphatic heterocycles. The highest BCUT2D eigenvalue weighted by Gasteiger charge is 2.32. The molecule has 1 aliphatic rings. The molecule has 7 heteroatoms. The van der Waals surface area contributed by atoms with E-state index in [1.165, 1.54) is 0 Å². The molecule has 1 aromatic heterocycles. The van der Waals surface area contributed by atoms with E-state index in [4.69, 9.17) is 9.72 Å². The topological polar surface area (TPSA) is 83.2 Å². The first kappa shape index (κ1) is 21.7.